The molecule has 0 heterocycles. The van der Waals surface area contributed by atoms with E-state index in [1.54, 1.807) is 0 Å². The molecule has 1 atom stereocenters. The number of aromatic hydroxyl groups is 1. The normalized spacial score (nSPS) is 13.8. The molecule has 1 aromatic carbocycles. The van der Waals surface area contributed by atoms with E-state index in [4.69, 9.17) is 10.8 Å². The summed E-state index contributed by atoms with van der Waals surface area (Å²) in [5.41, 5.74) is 4.85. The number of rotatable bonds is 3. The van der Waals surface area contributed by atoms with E-state index < -0.39 is 23.5 Å². The Morgan fingerprint density at radius 1 is 1.38 bits per heavy atom. The summed E-state index contributed by atoms with van der Waals surface area (Å²) in [6, 6.07) is 2.52. The lowest BCUT2D eigenvalue weighted by atomic mass is 9.97. The first-order valence-corrected chi connectivity index (χ1v) is 5.02. The van der Waals surface area contributed by atoms with Crippen LogP contribution in [0.3, 0.4) is 0 Å². The van der Waals surface area contributed by atoms with Gasteiger partial charge < -0.3 is 10.8 Å². The van der Waals surface area contributed by atoms with Gasteiger partial charge in [0.2, 0.25) is 0 Å². The molecule has 3 N–H and O–H groups in total. The SMILES string of the molecule is CCCC(N)c1ccc(O)cc1C(F)(F)F. The molecule has 1 aromatic rings. The van der Waals surface area contributed by atoms with Crippen molar-refractivity contribution >= 4 is 0 Å². The third-order valence-corrected chi connectivity index (χ3v) is 2.34. The largest absolute Gasteiger partial charge is 0.508 e. The third-order valence-electron chi connectivity index (χ3n) is 2.34. The van der Waals surface area contributed by atoms with Crippen molar-refractivity contribution in [1.29, 1.82) is 0 Å². The minimum atomic E-state index is -4.49. The van der Waals surface area contributed by atoms with Gasteiger partial charge in [-0.05, 0) is 24.1 Å². The lowest BCUT2D eigenvalue weighted by Gasteiger charge is -2.18. The molecule has 90 valence electrons. The number of phenolic OH excluding ortho intramolecular Hbond substituents is 1. The number of hydrogen-bond donors (Lipinski definition) is 2. The lowest BCUT2D eigenvalue weighted by Crippen LogP contribution is -2.17. The number of hydrogen-bond acceptors (Lipinski definition) is 2. The number of alkyl halides is 3. The number of nitrogens with two attached hydrogens (primary N) is 1. The van der Waals surface area contributed by atoms with E-state index in [0.717, 1.165) is 0 Å². The zero-order chi connectivity index (χ0) is 12.3. The Bertz CT molecular complexity index is 363. The van der Waals surface area contributed by atoms with Gasteiger partial charge in [0.25, 0.3) is 0 Å². The van der Waals surface area contributed by atoms with E-state index in [9.17, 15) is 13.2 Å². The van der Waals surface area contributed by atoms with Crippen molar-refractivity contribution in [2.24, 2.45) is 5.73 Å². The zero-order valence-corrected chi connectivity index (χ0v) is 8.88. The predicted molar refractivity (Wildman–Crippen MR) is 54.9 cm³/mol. The molecular formula is C11H14F3NO. The van der Waals surface area contributed by atoms with Crippen LogP contribution in [0.5, 0.6) is 5.75 Å². The zero-order valence-electron chi connectivity index (χ0n) is 8.88. The first kappa shape index (κ1) is 12.8. The molecule has 1 rings (SSSR count). The molecule has 0 radical (unpaired) electrons. The van der Waals surface area contributed by atoms with Crippen LogP contribution in [-0.4, -0.2) is 5.11 Å². The molecule has 0 spiro atoms. The van der Waals surface area contributed by atoms with Crippen LogP contribution in [0.2, 0.25) is 0 Å². The van der Waals surface area contributed by atoms with Gasteiger partial charge in [-0.25, -0.2) is 0 Å². The van der Waals surface area contributed by atoms with Crippen LogP contribution in [0.4, 0.5) is 13.2 Å². The fourth-order valence-corrected chi connectivity index (χ4v) is 1.58. The maximum absolute atomic E-state index is 12.7. The minimum absolute atomic E-state index is 0.0344. The van der Waals surface area contributed by atoms with E-state index in [1.165, 1.54) is 12.1 Å². The molecule has 0 amide bonds. The van der Waals surface area contributed by atoms with Crippen molar-refractivity contribution < 1.29 is 18.3 Å². The second kappa shape index (κ2) is 4.74. The molecule has 0 fully saturated rings. The van der Waals surface area contributed by atoms with Crippen molar-refractivity contribution in [2.75, 3.05) is 0 Å². The summed E-state index contributed by atoms with van der Waals surface area (Å²) in [5, 5.41) is 9.07. The van der Waals surface area contributed by atoms with E-state index >= 15 is 0 Å². The average Bonchev–Trinajstić information content (AvgIpc) is 2.16. The highest BCUT2D eigenvalue weighted by molar-refractivity contribution is 5.38. The minimum Gasteiger partial charge on any atom is -0.508 e. The van der Waals surface area contributed by atoms with Gasteiger partial charge in [-0.3, -0.25) is 0 Å². The fourth-order valence-electron chi connectivity index (χ4n) is 1.58. The van der Waals surface area contributed by atoms with E-state index in [0.29, 0.717) is 18.9 Å². The van der Waals surface area contributed by atoms with Crippen molar-refractivity contribution in [3.63, 3.8) is 0 Å². The van der Waals surface area contributed by atoms with Crippen LogP contribution in [-0.2, 0) is 6.18 Å². The maximum atomic E-state index is 12.7. The molecule has 0 bridgehead atoms. The highest BCUT2D eigenvalue weighted by Gasteiger charge is 2.34. The number of phenols is 1. The molecule has 0 saturated heterocycles. The second-order valence-corrected chi connectivity index (χ2v) is 3.66. The Kier molecular flexibility index (Phi) is 3.80. The highest BCUT2D eigenvalue weighted by Crippen LogP contribution is 2.36. The second-order valence-electron chi connectivity index (χ2n) is 3.66. The predicted octanol–water partition coefficient (Wildman–Crippen LogP) is 3.21. The van der Waals surface area contributed by atoms with Gasteiger partial charge in [-0.2, -0.15) is 13.2 Å². The van der Waals surface area contributed by atoms with Crippen LogP contribution >= 0.6 is 0 Å². The van der Waals surface area contributed by atoms with Gasteiger partial charge >= 0.3 is 6.18 Å². The molecule has 0 aliphatic rings. The Balaban J connectivity index is 3.18. The molecule has 16 heavy (non-hydrogen) atoms. The fraction of sp³-hybridized carbons (Fsp3) is 0.455. The molecule has 0 saturated carbocycles. The van der Waals surface area contributed by atoms with Crippen LogP contribution in [0.1, 0.15) is 36.9 Å². The summed E-state index contributed by atoms with van der Waals surface area (Å²) in [6.07, 6.45) is -3.30. The van der Waals surface area contributed by atoms with Crippen LogP contribution in [0.25, 0.3) is 0 Å². The van der Waals surface area contributed by atoms with Crippen molar-refractivity contribution in [2.45, 2.75) is 32.0 Å². The Morgan fingerprint density at radius 2 is 2.00 bits per heavy atom. The summed E-state index contributed by atoms with van der Waals surface area (Å²) in [5.74, 6) is -0.403. The van der Waals surface area contributed by atoms with Gasteiger partial charge in [-0.15, -0.1) is 0 Å². The van der Waals surface area contributed by atoms with Crippen molar-refractivity contribution in [3.05, 3.63) is 29.3 Å². The summed E-state index contributed by atoms with van der Waals surface area (Å²) in [4.78, 5) is 0. The van der Waals surface area contributed by atoms with Gasteiger partial charge in [0, 0.05) is 6.04 Å². The third kappa shape index (κ3) is 2.88. The Morgan fingerprint density at radius 3 is 2.50 bits per heavy atom. The monoisotopic (exact) mass is 233 g/mol. The molecule has 2 nitrogen and oxygen atoms in total. The number of halogens is 3. The summed E-state index contributed by atoms with van der Waals surface area (Å²) < 4.78 is 38.0. The maximum Gasteiger partial charge on any atom is 0.416 e. The molecule has 5 heteroatoms. The van der Waals surface area contributed by atoms with E-state index in [-0.39, 0.29) is 5.56 Å². The Hall–Kier alpha value is -1.23. The smallest absolute Gasteiger partial charge is 0.416 e. The van der Waals surface area contributed by atoms with Gasteiger partial charge in [0.1, 0.15) is 5.75 Å². The molecule has 0 aromatic heterocycles. The first-order chi connectivity index (χ1) is 7.36. The molecule has 0 aliphatic carbocycles. The summed E-state index contributed by atoms with van der Waals surface area (Å²) in [6.45, 7) is 1.85. The van der Waals surface area contributed by atoms with Gasteiger partial charge in [-0.1, -0.05) is 19.4 Å². The van der Waals surface area contributed by atoms with E-state index in [1.807, 2.05) is 6.92 Å². The first-order valence-electron chi connectivity index (χ1n) is 5.02. The van der Waals surface area contributed by atoms with Crippen LogP contribution in [0, 0.1) is 0 Å². The van der Waals surface area contributed by atoms with Gasteiger partial charge in [0.15, 0.2) is 0 Å². The van der Waals surface area contributed by atoms with Crippen molar-refractivity contribution in [1.82, 2.24) is 0 Å². The van der Waals surface area contributed by atoms with Crippen molar-refractivity contribution in [3.8, 4) is 5.75 Å². The summed E-state index contributed by atoms with van der Waals surface area (Å²) in [7, 11) is 0. The standard InChI is InChI=1S/C11H14F3NO/c1-2-3-10(15)8-5-4-7(16)6-9(8)11(12,13)14/h4-6,10,16H,2-3,15H2,1H3. The van der Waals surface area contributed by atoms with E-state index in [2.05, 4.69) is 0 Å². The lowest BCUT2D eigenvalue weighted by molar-refractivity contribution is -0.138. The quantitative estimate of drug-likeness (QED) is 0.842. The molecule has 1 unspecified atom stereocenters. The molecular weight excluding hydrogens is 219 g/mol. The number of benzene rings is 1. The highest BCUT2D eigenvalue weighted by atomic mass is 19.4. The average molecular weight is 233 g/mol. The molecule has 0 aliphatic heterocycles. The topological polar surface area (TPSA) is 46.2 Å². The Labute approximate surface area is 91.9 Å². The van der Waals surface area contributed by atoms with Crippen LogP contribution in [0.15, 0.2) is 18.2 Å². The van der Waals surface area contributed by atoms with Crippen LogP contribution < -0.4 is 5.73 Å². The summed E-state index contributed by atoms with van der Waals surface area (Å²) >= 11 is 0. The van der Waals surface area contributed by atoms with Gasteiger partial charge in [0.05, 0.1) is 5.56 Å².